The van der Waals surface area contributed by atoms with Crippen LogP contribution in [-0.4, -0.2) is 40.4 Å². The van der Waals surface area contributed by atoms with E-state index in [0.29, 0.717) is 6.04 Å². The molecule has 1 fully saturated rings. The van der Waals surface area contributed by atoms with Gasteiger partial charge in [0.25, 0.3) is 0 Å². The van der Waals surface area contributed by atoms with E-state index < -0.39 is 0 Å². The molecule has 4 nitrogen and oxygen atoms in total. The minimum absolute atomic E-state index is 0.590. The highest BCUT2D eigenvalue weighted by atomic mass is 15.2. The fourth-order valence-electron chi connectivity index (χ4n) is 2.66. The number of hydrogen-bond acceptors (Lipinski definition) is 3. The molecule has 1 unspecified atom stereocenters. The maximum absolute atomic E-state index is 4.25. The van der Waals surface area contributed by atoms with Crippen molar-refractivity contribution in [2.45, 2.75) is 39.3 Å². The molecule has 0 bridgehead atoms. The van der Waals surface area contributed by atoms with Crippen LogP contribution in [0.25, 0.3) is 0 Å². The predicted octanol–water partition coefficient (Wildman–Crippen LogP) is 1.63. The summed E-state index contributed by atoms with van der Waals surface area (Å²) in [7, 11) is 1.98. The minimum Gasteiger partial charge on any atom is -0.316 e. The highest BCUT2D eigenvalue weighted by molar-refractivity contribution is 5.03. The van der Waals surface area contributed by atoms with Crippen molar-refractivity contribution >= 4 is 0 Å². The predicted molar refractivity (Wildman–Crippen MR) is 74.3 cm³/mol. The van der Waals surface area contributed by atoms with Crippen LogP contribution in [0.5, 0.6) is 0 Å². The van der Waals surface area contributed by atoms with Crippen molar-refractivity contribution in [1.29, 1.82) is 0 Å². The van der Waals surface area contributed by atoms with Gasteiger partial charge in [0.2, 0.25) is 0 Å². The quantitative estimate of drug-likeness (QED) is 0.862. The number of aryl methyl sites for hydroxylation is 1. The van der Waals surface area contributed by atoms with Gasteiger partial charge < -0.3 is 5.32 Å². The summed E-state index contributed by atoms with van der Waals surface area (Å²) in [6.45, 7) is 9.15. The van der Waals surface area contributed by atoms with Crippen LogP contribution >= 0.6 is 0 Å². The molecular formula is C14H26N4. The van der Waals surface area contributed by atoms with Crippen molar-refractivity contribution in [3.05, 3.63) is 18.0 Å². The van der Waals surface area contributed by atoms with E-state index >= 15 is 0 Å². The number of aromatic nitrogens is 2. The number of nitrogens with one attached hydrogen (secondary N) is 1. The lowest BCUT2D eigenvalue weighted by molar-refractivity contribution is 0.164. The van der Waals surface area contributed by atoms with Gasteiger partial charge in [0.05, 0.1) is 6.20 Å². The van der Waals surface area contributed by atoms with E-state index in [2.05, 4.69) is 35.4 Å². The van der Waals surface area contributed by atoms with Crippen molar-refractivity contribution < 1.29 is 0 Å². The van der Waals surface area contributed by atoms with E-state index in [4.69, 9.17) is 0 Å². The third kappa shape index (κ3) is 3.82. The van der Waals surface area contributed by atoms with E-state index in [1.54, 1.807) is 0 Å². The summed E-state index contributed by atoms with van der Waals surface area (Å²) in [4.78, 5) is 2.56. The van der Waals surface area contributed by atoms with Gasteiger partial charge in [-0.15, -0.1) is 0 Å². The standard InChI is InChI=1S/C14H26N4/c1-12(2)18(10-13-5-4-6-15-7-13)11-14-8-16-17(3)9-14/h8-9,12-13,15H,4-7,10-11H2,1-3H3. The van der Waals surface area contributed by atoms with Gasteiger partial charge in [-0.3, -0.25) is 9.58 Å². The second-order valence-electron chi connectivity index (χ2n) is 5.76. The van der Waals surface area contributed by atoms with Gasteiger partial charge >= 0.3 is 0 Å². The number of piperidine rings is 1. The normalized spacial score (nSPS) is 20.8. The van der Waals surface area contributed by atoms with Crippen LogP contribution in [0.1, 0.15) is 32.3 Å². The van der Waals surface area contributed by atoms with Gasteiger partial charge in [0.1, 0.15) is 0 Å². The van der Waals surface area contributed by atoms with Crippen LogP contribution in [0.3, 0.4) is 0 Å². The summed E-state index contributed by atoms with van der Waals surface area (Å²) in [5, 5.41) is 7.76. The van der Waals surface area contributed by atoms with Gasteiger partial charge in [-0.25, -0.2) is 0 Å². The first-order valence-electron chi connectivity index (χ1n) is 7.07. The molecule has 0 radical (unpaired) electrons. The first kappa shape index (κ1) is 13.6. The van der Waals surface area contributed by atoms with Crippen molar-refractivity contribution in [2.24, 2.45) is 13.0 Å². The van der Waals surface area contributed by atoms with Gasteiger partial charge in [0, 0.05) is 37.9 Å². The van der Waals surface area contributed by atoms with Gasteiger partial charge in [-0.1, -0.05) is 0 Å². The molecule has 0 spiro atoms. The van der Waals surface area contributed by atoms with Crippen molar-refractivity contribution in [3.8, 4) is 0 Å². The average molecular weight is 250 g/mol. The Kier molecular flexibility index (Phi) is 4.78. The Balaban J connectivity index is 1.90. The smallest absolute Gasteiger partial charge is 0.0534 e. The van der Waals surface area contributed by atoms with Gasteiger partial charge in [-0.2, -0.15) is 5.10 Å². The van der Waals surface area contributed by atoms with E-state index in [-0.39, 0.29) is 0 Å². The molecule has 1 aromatic heterocycles. The van der Waals surface area contributed by atoms with Crippen LogP contribution in [0.2, 0.25) is 0 Å². The molecule has 1 aromatic rings. The zero-order chi connectivity index (χ0) is 13.0. The SMILES string of the molecule is CC(C)N(Cc1cnn(C)c1)CC1CCCNC1. The van der Waals surface area contributed by atoms with Crippen molar-refractivity contribution in [1.82, 2.24) is 20.0 Å². The Labute approximate surface area is 110 Å². The summed E-state index contributed by atoms with van der Waals surface area (Å²) in [6, 6.07) is 0.590. The Bertz CT molecular complexity index is 352. The lowest BCUT2D eigenvalue weighted by atomic mass is 9.98. The van der Waals surface area contributed by atoms with Crippen LogP contribution < -0.4 is 5.32 Å². The molecule has 1 atom stereocenters. The summed E-state index contributed by atoms with van der Waals surface area (Å²) < 4.78 is 1.88. The zero-order valence-electron chi connectivity index (χ0n) is 11.9. The van der Waals surface area contributed by atoms with Gasteiger partial charge in [0.15, 0.2) is 0 Å². The van der Waals surface area contributed by atoms with Crippen LogP contribution in [-0.2, 0) is 13.6 Å². The van der Waals surface area contributed by atoms with Crippen molar-refractivity contribution in [3.63, 3.8) is 0 Å². The van der Waals surface area contributed by atoms with E-state index in [1.165, 1.54) is 38.0 Å². The molecule has 2 heterocycles. The second-order valence-corrected chi connectivity index (χ2v) is 5.76. The highest BCUT2D eigenvalue weighted by Crippen LogP contribution is 2.15. The molecule has 1 N–H and O–H groups in total. The lowest BCUT2D eigenvalue weighted by Gasteiger charge is -2.32. The van der Waals surface area contributed by atoms with Gasteiger partial charge in [-0.05, 0) is 45.7 Å². The van der Waals surface area contributed by atoms with Crippen LogP contribution in [0.15, 0.2) is 12.4 Å². The maximum Gasteiger partial charge on any atom is 0.0534 e. The van der Waals surface area contributed by atoms with E-state index in [1.807, 2.05) is 17.9 Å². The fourth-order valence-corrected chi connectivity index (χ4v) is 2.66. The zero-order valence-corrected chi connectivity index (χ0v) is 11.9. The van der Waals surface area contributed by atoms with Crippen molar-refractivity contribution in [2.75, 3.05) is 19.6 Å². The Morgan fingerprint density at radius 3 is 2.94 bits per heavy atom. The summed E-state index contributed by atoms with van der Waals surface area (Å²) >= 11 is 0. The van der Waals surface area contributed by atoms with Crippen LogP contribution in [0.4, 0.5) is 0 Å². The Morgan fingerprint density at radius 2 is 2.39 bits per heavy atom. The molecule has 0 amide bonds. The second kappa shape index (κ2) is 6.34. The molecule has 1 aliphatic heterocycles. The molecule has 0 saturated carbocycles. The largest absolute Gasteiger partial charge is 0.316 e. The molecule has 2 rings (SSSR count). The first-order chi connectivity index (χ1) is 8.65. The van der Waals surface area contributed by atoms with E-state index in [0.717, 1.165) is 12.5 Å². The third-order valence-electron chi connectivity index (χ3n) is 3.77. The average Bonchev–Trinajstić information content (AvgIpc) is 2.75. The minimum atomic E-state index is 0.590. The molecule has 0 aromatic carbocycles. The fraction of sp³-hybridized carbons (Fsp3) is 0.786. The number of rotatable bonds is 5. The molecule has 1 saturated heterocycles. The lowest BCUT2D eigenvalue weighted by Crippen LogP contribution is -2.40. The summed E-state index contributed by atoms with van der Waals surface area (Å²) in [6.07, 6.45) is 6.79. The maximum atomic E-state index is 4.25. The number of nitrogens with zero attached hydrogens (tertiary/aromatic N) is 3. The first-order valence-corrected chi connectivity index (χ1v) is 7.07. The molecule has 102 valence electrons. The third-order valence-corrected chi connectivity index (χ3v) is 3.77. The molecular weight excluding hydrogens is 224 g/mol. The highest BCUT2D eigenvalue weighted by Gasteiger charge is 2.19. The molecule has 1 aliphatic rings. The molecule has 18 heavy (non-hydrogen) atoms. The topological polar surface area (TPSA) is 33.1 Å². The summed E-state index contributed by atoms with van der Waals surface area (Å²) in [5.41, 5.74) is 1.31. The monoisotopic (exact) mass is 250 g/mol. The number of hydrogen-bond donors (Lipinski definition) is 1. The van der Waals surface area contributed by atoms with E-state index in [9.17, 15) is 0 Å². The Hall–Kier alpha value is -0.870. The van der Waals surface area contributed by atoms with Crippen LogP contribution in [0, 0.1) is 5.92 Å². The molecule has 4 heteroatoms. The Morgan fingerprint density at radius 1 is 1.56 bits per heavy atom. The molecule has 0 aliphatic carbocycles. The summed E-state index contributed by atoms with van der Waals surface area (Å²) in [5.74, 6) is 0.804.